The summed E-state index contributed by atoms with van der Waals surface area (Å²) in [5.74, 6) is -0.321. The van der Waals surface area contributed by atoms with Gasteiger partial charge in [-0.25, -0.2) is 9.97 Å². The van der Waals surface area contributed by atoms with Crippen LogP contribution in [0.2, 0.25) is 0 Å². The van der Waals surface area contributed by atoms with Gasteiger partial charge in [0, 0.05) is 11.1 Å². The van der Waals surface area contributed by atoms with Gasteiger partial charge < -0.3 is 14.6 Å². The lowest BCUT2D eigenvalue weighted by atomic mass is 10.3. The third-order valence-electron chi connectivity index (χ3n) is 3.78. The maximum atomic E-state index is 12.1. The zero-order valence-corrected chi connectivity index (χ0v) is 14.6. The molecule has 0 radical (unpaired) electrons. The van der Waals surface area contributed by atoms with E-state index in [1.807, 2.05) is 60.0 Å². The zero-order chi connectivity index (χ0) is 17.8. The van der Waals surface area contributed by atoms with Crippen molar-refractivity contribution in [3.8, 4) is 0 Å². The summed E-state index contributed by atoms with van der Waals surface area (Å²) >= 11 is 1.47. The lowest BCUT2D eigenvalue weighted by Crippen LogP contribution is -2.13. The first-order valence-electron chi connectivity index (χ1n) is 8.10. The molecule has 0 bridgehead atoms. The fourth-order valence-corrected chi connectivity index (χ4v) is 3.27. The summed E-state index contributed by atoms with van der Waals surface area (Å²) in [5, 5.41) is 5.87. The predicted octanol–water partition coefficient (Wildman–Crippen LogP) is 3.98. The number of aromatic nitrogens is 3. The van der Waals surface area contributed by atoms with E-state index in [1.165, 1.54) is 11.3 Å². The van der Waals surface area contributed by atoms with E-state index < -0.39 is 0 Å². The van der Waals surface area contributed by atoms with Gasteiger partial charge in [-0.2, -0.15) is 0 Å². The SMILES string of the molecule is O=C(Cn1cnc2ccccc21)OCc1csc(Nc2ccccc2)n1. The van der Waals surface area contributed by atoms with Gasteiger partial charge in [0.2, 0.25) is 0 Å². The van der Waals surface area contributed by atoms with Crippen molar-refractivity contribution in [2.45, 2.75) is 13.2 Å². The van der Waals surface area contributed by atoms with Crippen LogP contribution in [0.4, 0.5) is 10.8 Å². The Bertz CT molecular complexity index is 1030. The van der Waals surface area contributed by atoms with Crippen molar-refractivity contribution < 1.29 is 9.53 Å². The number of carbonyl (C=O) groups excluding carboxylic acids is 1. The predicted molar refractivity (Wildman–Crippen MR) is 101 cm³/mol. The van der Waals surface area contributed by atoms with E-state index in [2.05, 4.69) is 15.3 Å². The van der Waals surface area contributed by atoms with Crippen LogP contribution in [-0.4, -0.2) is 20.5 Å². The number of hydrogen-bond acceptors (Lipinski definition) is 6. The van der Waals surface area contributed by atoms with E-state index in [0.29, 0.717) is 0 Å². The standard InChI is InChI=1S/C19H16N4O2S/c24-18(10-23-13-20-16-8-4-5-9-17(16)23)25-11-15-12-26-19(22-15)21-14-6-2-1-3-7-14/h1-9,12-13H,10-11H2,(H,21,22). The van der Waals surface area contributed by atoms with E-state index in [4.69, 9.17) is 4.74 Å². The summed E-state index contributed by atoms with van der Waals surface area (Å²) in [5.41, 5.74) is 3.46. The van der Waals surface area contributed by atoms with Crippen molar-refractivity contribution in [2.75, 3.05) is 5.32 Å². The number of fused-ring (bicyclic) bond motifs is 1. The quantitative estimate of drug-likeness (QED) is 0.524. The molecule has 0 saturated carbocycles. The van der Waals surface area contributed by atoms with E-state index in [-0.39, 0.29) is 19.1 Å². The highest BCUT2D eigenvalue weighted by molar-refractivity contribution is 7.13. The summed E-state index contributed by atoms with van der Waals surface area (Å²) in [6, 6.07) is 17.5. The lowest BCUT2D eigenvalue weighted by molar-refractivity contribution is -0.145. The van der Waals surface area contributed by atoms with Crippen LogP contribution < -0.4 is 5.32 Å². The number of benzene rings is 2. The monoisotopic (exact) mass is 364 g/mol. The highest BCUT2D eigenvalue weighted by Gasteiger charge is 2.10. The van der Waals surface area contributed by atoms with Crippen molar-refractivity contribution in [3.05, 3.63) is 72.0 Å². The number of rotatable bonds is 6. The van der Waals surface area contributed by atoms with Gasteiger partial charge in [-0.15, -0.1) is 11.3 Å². The van der Waals surface area contributed by atoms with Gasteiger partial charge in [0.05, 0.1) is 23.1 Å². The second-order valence-corrected chi connectivity index (χ2v) is 6.51. The molecule has 0 aliphatic carbocycles. The molecule has 0 spiro atoms. The number of anilines is 2. The first-order valence-corrected chi connectivity index (χ1v) is 8.98. The number of esters is 1. The van der Waals surface area contributed by atoms with Gasteiger partial charge in [-0.3, -0.25) is 4.79 Å². The number of imidazole rings is 1. The van der Waals surface area contributed by atoms with E-state index >= 15 is 0 Å². The smallest absolute Gasteiger partial charge is 0.326 e. The number of carbonyl (C=O) groups is 1. The zero-order valence-electron chi connectivity index (χ0n) is 13.8. The molecule has 0 amide bonds. The van der Waals surface area contributed by atoms with Crippen LogP contribution in [0.5, 0.6) is 0 Å². The molecule has 6 nitrogen and oxygen atoms in total. The molecule has 4 rings (SSSR count). The number of ether oxygens (including phenoxy) is 1. The molecule has 0 aliphatic rings. The minimum Gasteiger partial charge on any atom is -0.458 e. The van der Waals surface area contributed by atoms with Crippen LogP contribution in [0.1, 0.15) is 5.69 Å². The van der Waals surface area contributed by atoms with Crippen LogP contribution in [0.25, 0.3) is 11.0 Å². The largest absolute Gasteiger partial charge is 0.458 e. The van der Waals surface area contributed by atoms with Crippen molar-refractivity contribution in [1.82, 2.24) is 14.5 Å². The van der Waals surface area contributed by atoms with Gasteiger partial charge >= 0.3 is 5.97 Å². The normalized spacial score (nSPS) is 10.8. The summed E-state index contributed by atoms with van der Waals surface area (Å²) in [6.45, 7) is 0.276. The number of thiazole rings is 1. The first-order chi connectivity index (χ1) is 12.8. The molecule has 2 aromatic heterocycles. The Morgan fingerprint density at radius 3 is 2.81 bits per heavy atom. The summed E-state index contributed by atoms with van der Waals surface area (Å²) in [7, 11) is 0. The van der Waals surface area contributed by atoms with Crippen molar-refractivity contribution in [1.29, 1.82) is 0 Å². The molecular formula is C19H16N4O2S. The summed E-state index contributed by atoms with van der Waals surface area (Å²) in [6.07, 6.45) is 1.65. The number of nitrogens with one attached hydrogen (secondary N) is 1. The van der Waals surface area contributed by atoms with E-state index in [1.54, 1.807) is 10.9 Å². The van der Waals surface area contributed by atoms with E-state index in [9.17, 15) is 4.79 Å². The molecule has 0 aliphatic heterocycles. The molecule has 0 fully saturated rings. The van der Waals surface area contributed by atoms with Crippen LogP contribution in [-0.2, 0) is 22.7 Å². The average molecular weight is 364 g/mol. The van der Waals surface area contributed by atoms with Gasteiger partial charge in [0.25, 0.3) is 0 Å². The maximum absolute atomic E-state index is 12.1. The number of nitrogens with zero attached hydrogens (tertiary/aromatic N) is 3. The maximum Gasteiger partial charge on any atom is 0.326 e. The van der Waals surface area contributed by atoms with Crippen LogP contribution in [0, 0.1) is 0 Å². The van der Waals surface area contributed by atoms with Gasteiger partial charge in [0.15, 0.2) is 5.13 Å². The summed E-state index contributed by atoms with van der Waals surface area (Å²) < 4.78 is 7.12. The molecular weight excluding hydrogens is 348 g/mol. The van der Waals surface area contributed by atoms with Gasteiger partial charge in [-0.1, -0.05) is 30.3 Å². The fraction of sp³-hybridized carbons (Fsp3) is 0.105. The molecule has 130 valence electrons. The highest BCUT2D eigenvalue weighted by atomic mass is 32.1. The third-order valence-corrected chi connectivity index (χ3v) is 4.59. The lowest BCUT2D eigenvalue weighted by Gasteiger charge is -2.05. The van der Waals surface area contributed by atoms with Crippen LogP contribution in [0.3, 0.4) is 0 Å². The number of hydrogen-bond donors (Lipinski definition) is 1. The van der Waals surface area contributed by atoms with Crippen molar-refractivity contribution in [2.24, 2.45) is 0 Å². The Morgan fingerprint density at radius 1 is 1.12 bits per heavy atom. The van der Waals surface area contributed by atoms with Crippen molar-refractivity contribution >= 4 is 39.2 Å². The second kappa shape index (κ2) is 7.37. The van der Waals surface area contributed by atoms with Gasteiger partial charge in [0.1, 0.15) is 13.2 Å². The summed E-state index contributed by atoms with van der Waals surface area (Å²) in [4.78, 5) is 20.8. The molecule has 0 saturated heterocycles. The second-order valence-electron chi connectivity index (χ2n) is 5.66. The molecule has 2 aromatic carbocycles. The number of para-hydroxylation sites is 3. The molecule has 7 heteroatoms. The van der Waals surface area contributed by atoms with Crippen LogP contribution >= 0.6 is 11.3 Å². The molecule has 2 heterocycles. The Morgan fingerprint density at radius 2 is 1.92 bits per heavy atom. The third kappa shape index (κ3) is 3.73. The Labute approximate surface area is 154 Å². The highest BCUT2D eigenvalue weighted by Crippen LogP contribution is 2.21. The molecule has 1 N–H and O–H groups in total. The Balaban J connectivity index is 1.33. The van der Waals surface area contributed by atoms with Crippen molar-refractivity contribution in [3.63, 3.8) is 0 Å². The Hall–Kier alpha value is -3.19. The van der Waals surface area contributed by atoms with Crippen LogP contribution in [0.15, 0.2) is 66.3 Å². The minimum atomic E-state index is -0.321. The minimum absolute atomic E-state index is 0.125. The topological polar surface area (TPSA) is 69.0 Å². The average Bonchev–Trinajstić information content (AvgIpc) is 3.28. The Kier molecular flexibility index (Phi) is 4.61. The molecule has 0 unspecified atom stereocenters. The van der Waals surface area contributed by atoms with Gasteiger partial charge in [-0.05, 0) is 24.3 Å². The fourth-order valence-electron chi connectivity index (χ4n) is 2.55. The molecule has 26 heavy (non-hydrogen) atoms. The van der Waals surface area contributed by atoms with E-state index in [0.717, 1.165) is 27.5 Å². The first kappa shape index (κ1) is 16.3. The molecule has 4 aromatic rings. The molecule has 0 atom stereocenters.